The van der Waals surface area contributed by atoms with E-state index in [2.05, 4.69) is 76.7 Å². The molecular weight excluding hydrogens is 300 g/mol. The summed E-state index contributed by atoms with van der Waals surface area (Å²) in [6.07, 6.45) is 14.5. The standard InChI is InChI=1S/C18H30Si3/c1-19(2,3)15-11-9-13-17(15)21(7,8)18-14-10-12-16(18)20(4,5)6/h13-14H,9-10H2,1-8H3. The van der Waals surface area contributed by atoms with E-state index in [4.69, 9.17) is 0 Å². The van der Waals surface area contributed by atoms with Crippen molar-refractivity contribution in [2.75, 3.05) is 0 Å². The molecule has 0 fully saturated rings. The van der Waals surface area contributed by atoms with Crippen molar-refractivity contribution in [3.8, 4) is 0 Å². The quantitative estimate of drug-likeness (QED) is 0.584. The Bertz CT molecular complexity index is 508. The fourth-order valence-electron chi connectivity index (χ4n) is 3.52. The van der Waals surface area contributed by atoms with Gasteiger partial charge in [0, 0.05) is 0 Å². The van der Waals surface area contributed by atoms with Crippen LogP contribution in [0.4, 0.5) is 0 Å². The first-order valence-corrected chi connectivity index (χ1v) is 18.1. The molecule has 114 valence electrons. The molecule has 2 aliphatic rings. The fourth-order valence-corrected chi connectivity index (χ4v) is 13.7. The summed E-state index contributed by atoms with van der Waals surface area (Å²) in [5.74, 6) is 0. The van der Waals surface area contributed by atoms with Crippen LogP contribution in [0.5, 0.6) is 0 Å². The molecule has 2 radical (unpaired) electrons. The van der Waals surface area contributed by atoms with Crippen LogP contribution in [0.15, 0.2) is 32.9 Å². The fraction of sp³-hybridized carbons (Fsp3) is 0.556. The second-order valence-corrected chi connectivity index (χ2v) is 23.2. The van der Waals surface area contributed by atoms with Crippen LogP contribution in [0.2, 0.25) is 52.4 Å². The van der Waals surface area contributed by atoms with E-state index in [1.165, 1.54) is 0 Å². The lowest BCUT2D eigenvalue weighted by molar-refractivity contribution is 1.38. The Kier molecular flexibility index (Phi) is 4.33. The highest BCUT2D eigenvalue weighted by Gasteiger charge is 2.41. The summed E-state index contributed by atoms with van der Waals surface area (Å²) in [5.41, 5.74) is 0. The Labute approximate surface area is 134 Å². The highest BCUT2D eigenvalue weighted by molar-refractivity contribution is 6.99. The second kappa shape index (κ2) is 5.36. The molecule has 0 N–H and O–H groups in total. The van der Waals surface area contributed by atoms with E-state index in [9.17, 15) is 0 Å². The van der Waals surface area contributed by atoms with Crippen LogP contribution >= 0.6 is 0 Å². The molecule has 0 atom stereocenters. The van der Waals surface area contributed by atoms with Gasteiger partial charge < -0.3 is 0 Å². The monoisotopic (exact) mass is 330 g/mol. The average molecular weight is 331 g/mol. The molecule has 2 aliphatic carbocycles. The first-order valence-electron chi connectivity index (χ1n) is 8.10. The zero-order chi connectivity index (χ0) is 16.1. The van der Waals surface area contributed by atoms with E-state index >= 15 is 0 Å². The van der Waals surface area contributed by atoms with E-state index < -0.39 is 24.2 Å². The van der Waals surface area contributed by atoms with Gasteiger partial charge in [-0.05, 0) is 25.0 Å². The molecule has 0 nitrogen and oxygen atoms in total. The van der Waals surface area contributed by atoms with E-state index in [-0.39, 0.29) is 0 Å². The van der Waals surface area contributed by atoms with Crippen LogP contribution in [0.1, 0.15) is 12.8 Å². The first kappa shape index (κ1) is 17.0. The lowest BCUT2D eigenvalue weighted by atomic mass is 10.5. The summed E-state index contributed by atoms with van der Waals surface area (Å²) in [6, 6.07) is 0. The zero-order valence-electron chi connectivity index (χ0n) is 15.1. The number of allylic oxidation sites excluding steroid dienone is 8. The zero-order valence-corrected chi connectivity index (χ0v) is 18.1. The third-order valence-electron chi connectivity index (χ3n) is 4.56. The van der Waals surface area contributed by atoms with Crippen molar-refractivity contribution in [2.45, 2.75) is 65.2 Å². The molecule has 3 heteroatoms. The van der Waals surface area contributed by atoms with Gasteiger partial charge in [-0.15, -0.1) is 0 Å². The minimum absolute atomic E-state index is 1.04. The lowest BCUT2D eigenvalue weighted by Gasteiger charge is -2.36. The highest BCUT2D eigenvalue weighted by Crippen LogP contribution is 2.42. The molecule has 0 saturated heterocycles. The van der Waals surface area contributed by atoms with E-state index in [0.717, 1.165) is 12.8 Å². The van der Waals surface area contributed by atoms with Gasteiger partial charge in [-0.2, -0.15) is 0 Å². The van der Waals surface area contributed by atoms with Crippen molar-refractivity contribution in [3.05, 3.63) is 45.1 Å². The van der Waals surface area contributed by atoms with Crippen molar-refractivity contribution in [2.24, 2.45) is 0 Å². The molecular formula is C18H30Si3. The van der Waals surface area contributed by atoms with Crippen LogP contribution < -0.4 is 0 Å². The van der Waals surface area contributed by atoms with Crippen molar-refractivity contribution in [1.82, 2.24) is 0 Å². The van der Waals surface area contributed by atoms with Crippen molar-refractivity contribution >= 4 is 24.2 Å². The summed E-state index contributed by atoms with van der Waals surface area (Å²) >= 11 is 0. The van der Waals surface area contributed by atoms with Crippen LogP contribution in [0.3, 0.4) is 0 Å². The Morgan fingerprint density at radius 3 is 1.29 bits per heavy atom. The summed E-state index contributed by atoms with van der Waals surface area (Å²) in [4.78, 5) is 0. The van der Waals surface area contributed by atoms with Gasteiger partial charge in [0.05, 0.1) is 16.1 Å². The second-order valence-electron chi connectivity index (χ2n) is 8.87. The van der Waals surface area contributed by atoms with E-state index in [0.29, 0.717) is 0 Å². The number of rotatable bonds is 4. The minimum atomic E-state index is -1.59. The maximum absolute atomic E-state index is 3.70. The Balaban J connectivity index is 2.41. The highest BCUT2D eigenvalue weighted by atomic mass is 28.3. The number of hydrogen-bond acceptors (Lipinski definition) is 0. The first-order chi connectivity index (χ1) is 9.45. The van der Waals surface area contributed by atoms with Crippen LogP contribution in [0.25, 0.3) is 0 Å². The summed E-state index contributed by atoms with van der Waals surface area (Å²) in [5, 5.41) is 6.60. The van der Waals surface area contributed by atoms with Crippen LogP contribution in [0, 0.1) is 12.2 Å². The Hall–Kier alpha value is -0.389. The normalized spacial score (nSPS) is 20.2. The van der Waals surface area contributed by atoms with Gasteiger partial charge in [0.25, 0.3) is 0 Å². The molecule has 0 amide bonds. The number of hydrogen-bond donors (Lipinski definition) is 0. The molecule has 0 spiro atoms. The third-order valence-corrected chi connectivity index (χ3v) is 12.5. The molecule has 0 bridgehead atoms. The van der Waals surface area contributed by atoms with Crippen molar-refractivity contribution < 1.29 is 0 Å². The summed E-state index contributed by atoms with van der Waals surface area (Å²) in [6.45, 7) is 19.9. The van der Waals surface area contributed by atoms with Gasteiger partial charge in [0.2, 0.25) is 0 Å². The molecule has 0 aromatic carbocycles. The molecule has 0 unspecified atom stereocenters. The Morgan fingerprint density at radius 2 is 1.00 bits per heavy atom. The van der Waals surface area contributed by atoms with Crippen LogP contribution in [-0.4, -0.2) is 24.2 Å². The smallest absolute Gasteiger partial charge is 0.0806 e. The SMILES string of the molecule is C[Si](C)(C)C1=[C]CC=C1[Si](C)(C)C1=CC[C]=C1[Si](C)(C)C. The molecule has 0 heterocycles. The van der Waals surface area contributed by atoms with Gasteiger partial charge in [0.1, 0.15) is 8.07 Å². The Morgan fingerprint density at radius 1 is 0.667 bits per heavy atom. The maximum atomic E-state index is 3.70. The van der Waals surface area contributed by atoms with Crippen molar-refractivity contribution in [1.29, 1.82) is 0 Å². The molecule has 0 saturated carbocycles. The largest absolute Gasteiger partial charge is 0.111 e. The maximum Gasteiger partial charge on any atom is 0.111 e. The van der Waals surface area contributed by atoms with Gasteiger partial charge in [0.15, 0.2) is 0 Å². The van der Waals surface area contributed by atoms with Gasteiger partial charge in [-0.1, -0.05) is 85.3 Å². The summed E-state index contributed by atoms with van der Waals surface area (Å²) in [7, 11) is -4.17. The predicted octanol–water partition coefficient (Wildman–Crippen LogP) is 5.65. The molecule has 0 aliphatic heterocycles. The average Bonchev–Trinajstić information content (AvgIpc) is 2.97. The van der Waals surface area contributed by atoms with E-state index in [1.54, 1.807) is 20.8 Å². The third kappa shape index (κ3) is 3.20. The molecule has 0 aromatic rings. The van der Waals surface area contributed by atoms with Gasteiger partial charge in [-0.3, -0.25) is 0 Å². The van der Waals surface area contributed by atoms with Gasteiger partial charge in [-0.25, -0.2) is 0 Å². The van der Waals surface area contributed by atoms with Crippen LogP contribution in [-0.2, 0) is 0 Å². The summed E-state index contributed by atoms with van der Waals surface area (Å²) < 4.78 is 0. The van der Waals surface area contributed by atoms with E-state index in [1.807, 2.05) is 0 Å². The lowest BCUT2D eigenvalue weighted by Crippen LogP contribution is -2.41. The predicted molar refractivity (Wildman–Crippen MR) is 103 cm³/mol. The molecule has 0 aromatic heterocycles. The van der Waals surface area contributed by atoms with Crippen molar-refractivity contribution in [3.63, 3.8) is 0 Å². The molecule has 21 heavy (non-hydrogen) atoms. The van der Waals surface area contributed by atoms with Gasteiger partial charge >= 0.3 is 0 Å². The topological polar surface area (TPSA) is 0 Å². The molecule has 2 rings (SSSR count). The minimum Gasteiger partial charge on any atom is -0.0806 e.